The van der Waals surface area contributed by atoms with Crippen LogP contribution >= 0.6 is 23.3 Å². The van der Waals surface area contributed by atoms with Crippen molar-refractivity contribution in [2.75, 3.05) is 63.3 Å². The predicted octanol–water partition coefficient (Wildman–Crippen LogP) is 2.74. The lowest BCUT2D eigenvalue weighted by atomic mass is 10.1. The minimum absolute atomic E-state index is 0.249. The zero-order valence-corrected chi connectivity index (χ0v) is 20.7. The molecule has 0 aliphatic carbocycles. The van der Waals surface area contributed by atoms with Gasteiger partial charge in [-0.3, -0.25) is 9.21 Å². The Labute approximate surface area is 202 Å². The fourth-order valence-electron chi connectivity index (χ4n) is 4.42. The van der Waals surface area contributed by atoms with Gasteiger partial charge in [-0.1, -0.05) is 11.9 Å². The van der Waals surface area contributed by atoms with Crippen LogP contribution in [0.5, 0.6) is 0 Å². The minimum atomic E-state index is 0.249. The highest BCUT2D eigenvalue weighted by molar-refractivity contribution is 7.96. The molecule has 2 saturated heterocycles. The summed E-state index contributed by atoms with van der Waals surface area (Å²) in [6.07, 6.45) is 7.96. The second kappa shape index (κ2) is 10.1. The van der Waals surface area contributed by atoms with Gasteiger partial charge < -0.3 is 15.4 Å². The SMILES string of the molecule is CSN(C)C1CCN(Cc2cc3nc(-c4cnc(N)nc4)nc(N4CCOCC4)c3s2)CC1. The summed E-state index contributed by atoms with van der Waals surface area (Å²) in [7, 11) is 2.20. The van der Waals surface area contributed by atoms with Crippen molar-refractivity contribution in [1.82, 2.24) is 29.1 Å². The van der Waals surface area contributed by atoms with Crippen LogP contribution in [-0.2, 0) is 11.3 Å². The van der Waals surface area contributed by atoms with Crippen molar-refractivity contribution in [2.24, 2.45) is 0 Å². The summed E-state index contributed by atoms with van der Waals surface area (Å²) >= 11 is 3.64. The summed E-state index contributed by atoms with van der Waals surface area (Å²) in [5.41, 5.74) is 7.43. The number of hydrogen-bond donors (Lipinski definition) is 1. The van der Waals surface area contributed by atoms with E-state index >= 15 is 0 Å². The van der Waals surface area contributed by atoms with Gasteiger partial charge in [-0.25, -0.2) is 19.9 Å². The molecule has 33 heavy (non-hydrogen) atoms. The lowest BCUT2D eigenvalue weighted by Crippen LogP contribution is -2.40. The van der Waals surface area contributed by atoms with Crippen LogP contribution in [0.15, 0.2) is 18.5 Å². The molecule has 5 rings (SSSR count). The first-order valence-electron chi connectivity index (χ1n) is 11.3. The Morgan fingerprint density at radius 2 is 1.88 bits per heavy atom. The van der Waals surface area contributed by atoms with Crippen LogP contribution in [-0.4, -0.2) is 87.9 Å². The number of nitrogens with zero attached hydrogens (tertiary/aromatic N) is 7. The number of likely N-dealkylation sites (tertiary alicyclic amines) is 1. The summed E-state index contributed by atoms with van der Waals surface area (Å²) in [5.74, 6) is 1.86. The highest BCUT2D eigenvalue weighted by atomic mass is 32.2. The molecule has 0 aromatic carbocycles. The molecular weight excluding hydrogens is 456 g/mol. The maximum atomic E-state index is 5.68. The van der Waals surface area contributed by atoms with Crippen LogP contribution in [0.25, 0.3) is 21.6 Å². The van der Waals surface area contributed by atoms with E-state index in [9.17, 15) is 0 Å². The van der Waals surface area contributed by atoms with Crippen molar-refractivity contribution in [3.05, 3.63) is 23.3 Å². The van der Waals surface area contributed by atoms with E-state index in [-0.39, 0.29) is 5.95 Å². The molecule has 0 bridgehead atoms. The summed E-state index contributed by atoms with van der Waals surface area (Å²) in [4.78, 5) is 24.3. The third-order valence-corrected chi connectivity index (χ3v) is 8.36. The molecule has 3 aromatic rings. The number of morpholine rings is 1. The summed E-state index contributed by atoms with van der Waals surface area (Å²) in [5, 5.41) is 0. The van der Waals surface area contributed by atoms with Crippen molar-refractivity contribution in [1.29, 1.82) is 0 Å². The van der Waals surface area contributed by atoms with Crippen LogP contribution < -0.4 is 10.6 Å². The van der Waals surface area contributed by atoms with E-state index in [2.05, 4.69) is 43.4 Å². The monoisotopic (exact) mass is 486 g/mol. The molecule has 176 valence electrons. The van der Waals surface area contributed by atoms with E-state index in [1.807, 2.05) is 23.3 Å². The maximum absolute atomic E-state index is 5.68. The molecular formula is C22H30N8OS2. The van der Waals surface area contributed by atoms with E-state index < -0.39 is 0 Å². The van der Waals surface area contributed by atoms with E-state index in [0.29, 0.717) is 25.1 Å². The van der Waals surface area contributed by atoms with Crippen LogP contribution in [0.1, 0.15) is 17.7 Å². The molecule has 0 amide bonds. The Kier molecular flexibility index (Phi) is 6.93. The molecule has 5 heterocycles. The standard InChI is InChI=1S/C22H30N8OS2/c1-28(32-2)16-3-5-29(6-4-16)14-17-11-18-19(33-17)21(30-7-9-31-10-8-30)27-20(26-18)15-12-24-22(23)25-13-15/h11-13,16H,3-10,14H2,1-2H3,(H2,23,24,25). The molecule has 2 fully saturated rings. The number of nitrogen functional groups attached to an aromatic ring is 1. The number of nitrogens with two attached hydrogens (primary N) is 1. The molecule has 2 aliphatic rings. The Morgan fingerprint density at radius 1 is 1.15 bits per heavy atom. The zero-order valence-electron chi connectivity index (χ0n) is 19.1. The lowest BCUT2D eigenvalue weighted by molar-refractivity contribution is 0.122. The van der Waals surface area contributed by atoms with E-state index in [0.717, 1.165) is 54.3 Å². The van der Waals surface area contributed by atoms with Gasteiger partial charge in [0.2, 0.25) is 5.95 Å². The highest BCUT2D eigenvalue weighted by Crippen LogP contribution is 2.35. The van der Waals surface area contributed by atoms with Crippen molar-refractivity contribution in [2.45, 2.75) is 25.4 Å². The highest BCUT2D eigenvalue weighted by Gasteiger charge is 2.24. The Hall–Kier alpha value is -2.05. The molecule has 9 nitrogen and oxygen atoms in total. The van der Waals surface area contributed by atoms with E-state index in [4.69, 9.17) is 20.4 Å². The van der Waals surface area contributed by atoms with Crippen molar-refractivity contribution < 1.29 is 4.74 Å². The largest absolute Gasteiger partial charge is 0.378 e. The number of ether oxygens (including phenoxy) is 1. The normalized spacial score (nSPS) is 18.5. The van der Waals surface area contributed by atoms with Crippen molar-refractivity contribution in [3.63, 3.8) is 0 Å². The number of piperidine rings is 1. The van der Waals surface area contributed by atoms with Gasteiger partial charge in [0.25, 0.3) is 0 Å². The fraction of sp³-hybridized carbons (Fsp3) is 0.545. The Balaban J connectivity index is 1.42. The second-order valence-corrected chi connectivity index (χ2v) is 10.5. The Morgan fingerprint density at radius 3 is 2.58 bits per heavy atom. The molecule has 0 spiro atoms. The van der Waals surface area contributed by atoms with Crippen molar-refractivity contribution >= 4 is 45.3 Å². The van der Waals surface area contributed by atoms with Gasteiger partial charge >= 0.3 is 0 Å². The van der Waals surface area contributed by atoms with Crippen LogP contribution in [0.3, 0.4) is 0 Å². The van der Waals surface area contributed by atoms with Crippen LogP contribution in [0, 0.1) is 0 Å². The smallest absolute Gasteiger partial charge is 0.219 e. The molecule has 11 heteroatoms. The number of thiophene rings is 1. The second-order valence-electron chi connectivity index (χ2n) is 8.46. The molecule has 2 N–H and O–H groups in total. The summed E-state index contributed by atoms with van der Waals surface area (Å²) in [6.45, 7) is 6.28. The molecule has 3 aromatic heterocycles. The Bertz CT molecular complexity index is 1080. The fourth-order valence-corrected chi connectivity index (χ4v) is 6.09. The van der Waals surface area contributed by atoms with Crippen molar-refractivity contribution in [3.8, 4) is 11.4 Å². The number of hydrogen-bond acceptors (Lipinski definition) is 11. The predicted molar refractivity (Wildman–Crippen MR) is 135 cm³/mol. The minimum Gasteiger partial charge on any atom is -0.378 e. The summed E-state index contributed by atoms with van der Waals surface area (Å²) in [6, 6.07) is 2.90. The first-order chi connectivity index (χ1) is 16.1. The van der Waals surface area contributed by atoms with E-state index in [1.54, 1.807) is 12.4 Å². The summed E-state index contributed by atoms with van der Waals surface area (Å²) < 4.78 is 9.11. The average molecular weight is 487 g/mol. The number of aromatic nitrogens is 4. The first-order valence-corrected chi connectivity index (χ1v) is 13.3. The van der Waals surface area contributed by atoms with Gasteiger partial charge in [-0.2, -0.15) is 0 Å². The topological polar surface area (TPSA) is 96.5 Å². The lowest BCUT2D eigenvalue weighted by Gasteiger charge is -2.35. The third-order valence-electron chi connectivity index (χ3n) is 6.38. The molecule has 0 unspecified atom stereocenters. The quantitative estimate of drug-likeness (QED) is 0.524. The van der Waals surface area contributed by atoms with Gasteiger partial charge in [0.15, 0.2) is 11.6 Å². The molecule has 0 atom stereocenters. The number of anilines is 2. The van der Waals surface area contributed by atoms with Gasteiger partial charge in [0, 0.05) is 56.0 Å². The molecule has 0 radical (unpaired) electrons. The first kappa shape index (κ1) is 22.7. The maximum Gasteiger partial charge on any atom is 0.219 e. The van der Waals surface area contributed by atoms with Gasteiger partial charge in [-0.15, -0.1) is 11.3 Å². The van der Waals surface area contributed by atoms with Gasteiger partial charge in [0.05, 0.1) is 29.0 Å². The van der Waals surface area contributed by atoms with E-state index in [1.165, 1.54) is 17.7 Å². The molecule has 2 aliphatic heterocycles. The van der Waals surface area contributed by atoms with Gasteiger partial charge in [0.1, 0.15) is 0 Å². The number of fused-ring (bicyclic) bond motifs is 1. The molecule has 0 saturated carbocycles. The number of rotatable bonds is 6. The van der Waals surface area contributed by atoms with Crippen LogP contribution in [0.2, 0.25) is 0 Å². The average Bonchev–Trinajstić information content (AvgIpc) is 3.26. The third kappa shape index (κ3) is 5.07. The zero-order chi connectivity index (χ0) is 22.8. The van der Waals surface area contributed by atoms with Crippen LogP contribution in [0.4, 0.5) is 11.8 Å². The van der Waals surface area contributed by atoms with Gasteiger partial charge in [-0.05, 0) is 32.2 Å².